The normalized spacial score (nSPS) is 29.8. The van der Waals surface area contributed by atoms with Gasteiger partial charge in [0, 0.05) is 39.7 Å². The number of carbonyl (C=O) groups excluding carboxylic acids is 2. The third kappa shape index (κ3) is 3.99. The smallest absolute Gasteiger partial charge is 0.239 e. The Balaban J connectivity index is 1.52. The fraction of sp³-hybridized carbons (Fsp3) is 0.889. The molecule has 3 aliphatic rings. The highest BCUT2D eigenvalue weighted by atomic mass is 16.5. The molecule has 2 unspecified atom stereocenters. The molecule has 142 valence electrons. The Bertz CT molecular complexity index is 509. The third-order valence-electron chi connectivity index (χ3n) is 6.17. The Morgan fingerprint density at radius 3 is 2.80 bits per heavy atom. The standard InChI is InChI=1S/C18H31N3O4/c1-13-17(24)21(10-8-19-13)14(12-25-2)3-4-16(23)20-9-7-18(5-6-18)15(22)11-20/h13-15,19,22H,3-12H2,1-2H3/t13?,14-,15?/m0/s1. The maximum atomic E-state index is 12.6. The van der Waals surface area contributed by atoms with Crippen LogP contribution in [-0.4, -0.2) is 84.8 Å². The molecule has 25 heavy (non-hydrogen) atoms. The number of hydrogen-bond acceptors (Lipinski definition) is 5. The number of aliphatic hydroxyl groups excluding tert-OH is 1. The van der Waals surface area contributed by atoms with E-state index in [-0.39, 0.29) is 35.4 Å². The van der Waals surface area contributed by atoms with E-state index in [0.29, 0.717) is 32.5 Å². The zero-order valence-electron chi connectivity index (χ0n) is 15.4. The van der Waals surface area contributed by atoms with Gasteiger partial charge in [-0.25, -0.2) is 0 Å². The molecule has 0 aromatic heterocycles. The molecule has 7 heteroatoms. The second-order valence-corrected chi connectivity index (χ2v) is 7.82. The van der Waals surface area contributed by atoms with Crippen LogP contribution in [0.15, 0.2) is 0 Å². The van der Waals surface area contributed by atoms with Crippen LogP contribution < -0.4 is 5.32 Å². The fourth-order valence-corrected chi connectivity index (χ4v) is 4.17. The van der Waals surface area contributed by atoms with Crippen LogP contribution in [0.3, 0.4) is 0 Å². The number of likely N-dealkylation sites (tertiary alicyclic amines) is 1. The molecule has 1 aliphatic carbocycles. The summed E-state index contributed by atoms with van der Waals surface area (Å²) in [6, 6.07) is -0.258. The summed E-state index contributed by atoms with van der Waals surface area (Å²) in [5.41, 5.74) is 0.110. The van der Waals surface area contributed by atoms with E-state index in [1.807, 2.05) is 11.8 Å². The highest BCUT2D eigenvalue weighted by Gasteiger charge is 2.51. The molecule has 1 saturated carbocycles. The molecule has 0 bridgehead atoms. The minimum absolute atomic E-state index is 0.0736. The molecule has 3 rings (SSSR count). The number of aliphatic hydroxyl groups is 1. The van der Waals surface area contributed by atoms with Crippen LogP contribution in [0, 0.1) is 5.41 Å². The van der Waals surface area contributed by atoms with E-state index in [9.17, 15) is 14.7 Å². The van der Waals surface area contributed by atoms with Gasteiger partial charge in [0.2, 0.25) is 11.8 Å². The van der Waals surface area contributed by atoms with Gasteiger partial charge in [-0.15, -0.1) is 0 Å². The summed E-state index contributed by atoms with van der Waals surface area (Å²) in [6.07, 6.45) is 3.71. The lowest BCUT2D eigenvalue weighted by molar-refractivity contribution is -0.141. The first-order chi connectivity index (χ1) is 12.0. The molecule has 2 heterocycles. The number of nitrogens with zero attached hydrogens (tertiary/aromatic N) is 2. The monoisotopic (exact) mass is 353 g/mol. The molecule has 1 spiro atoms. The third-order valence-corrected chi connectivity index (χ3v) is 6.17. The molecular formula is C18H31N3O4. The SMILES string of the molecule is COC[C@H](CCC(=O)N1CCC2(CC2)C(O)C1)N1CCNC(C)C1=O. The molecule has 0 aromatic carbocycles. The van der Waals surface area contributed by atoms with Gasteiger partial charge < -0.3 is 25.0 Å². The van der Waals surface area contributed by atoms with Crippen LogP contribution in [0.25, 0.3) is 0 Å². The van der Waals surface area contributed by atoms with E-state index in [4.69, 9.17) is 4.74 Å². The van der Waals surface area contributed by atoms with Crippen molar-refractivity contribution in [1.29, 1.82) is 0 Å². The number of methoxy groups -OCH3 is 1. The molecule has 3 atom stereocenters. The van der Waals surface area contributed by atoms with Crippen molar-refractivity contribution in [2.75, 3.05) is 39.9 Å². The van der Waals surface area contributed by atoms with Crippen LogP contribution in [0.1, 0.15) is 39.0 Å². The number of rotatable bonds is 6. The predicted octanol–water partition coefficient (Wildman–Crippen LogP) is -0.0247. The first-order valence-electron chi connectivity index (χ1n) is 9.45. The van der Waals surface area contributed by atoms with Crippen LogP contribution in [0.5, 0.6) is 0 Å². The number of β-amino-alcohol motifs (C(OH)–C–C–N with tert-alkyl or cyclic N) is 1. The molecule has 2 N–H and O–H groups in total. The molecule has 0 aromatic rings. The Morgan fingerprint density at radius 1 is 1.40 bits per heavy atom. The van der Waals surface area contributed by atoms with Gasteiger partial charge in [0.15, 0.2) is 0 Å². The van der Waals surface area contributed by atoms with Crippen LogP contribution in [0.4, 0.5) is 0 Å². The van der Waals surface area contributed by atoms with E-state index >= 15 is 0 Å². The molecule has 2 aliphatic heterocycles. The van der Waals surface area contributed by atoms with Crippen molar-refractivity contribution in [3.8, 4) is 0 Å². The average Bonchev–Trinajstić information content (AvgIpc) is 3.37. The van der Waals surface area contributed by atoms with Gasteiger partial charge in [-0.05, 0) is 38.0 Å². The van der Waals surface area contributed by atoms with E-state index in [1.54, 1.807) is 12.0 Å². The molecular weight excluding hydrogens is 322 g/mol. The lowest BCUT2D eigenvalue weighted by Gasteiger charge is -2.38. The van der Waals surface area contributed by atoms with E-state index in [2.05, 4.69) is 5.32 Å². The number of ether oxygens (including phenoxy) is 1. The lowest BCUT2D eigenvalue weighted by atomic mass is 9.90. The average molecular weight is 353 g/mol. The maximum Gasteiger partial charge on any atom is 0.239 e. The van der Waals surface area contributed by atoms with Gasteiger partial charge in [-0.2, -0.15) is 0 Å². The fourth-order valence-electron chi connectivity index (χ4n) is 4.17. The Labute approximate surface area is 149 Å². The number of amides is 2. The van der Waals surface area contributed by atoms with Crippen molar-refractivity contribution in [3.05, 3.63) is 0 Å². The van der Waals surface area contributed by atoms with E-state index < -0.39 is 0 Å². The van der Waals surface area contributed by atoms with Crippen molar-refractivity contribution in [1.82, 2.24) is 15.1 Å². The van der Waals surface area contributed by atoms with Crippen LogP contribution in [-0.2, 0) is 14.3 Å². The number of nitrogens with one attached hydrogen (secondary N) is 1. The molecule has 2 amide bonds. The highest BCUT2D eigenvalue weighted by Crippen LogP contribution is 2.53. The molecule has 3 fully saturated rings. The van der Waals surface area contributed by atoms with Gasteiger partial charge >= 0.3 is 0 Å². The van der Waals surface area contributed by atoms with Gasteiger partial charge in [0.25, 0.3) is 0 Å². The number of carbonyl (C=O) groups is 2. The van der Waals surface area contributed by atoms with Crippen molar-refractivity contribution in [2.24, 2.45) is 5.41 Å². The summed E-state index contributed by atoms with van der Waals surface area (Å²) >= 11 is 0. The van der Waals surface area contributed by atoms with Crippen LogP contribution >= 0.6 is 0 Å². The largest absolute Gasteiger partial charge is 0.391 e. The van der Waals surface area contributed by atoms with Gasteiger partial charge in [-0.1, -0.05) is 0 Å². The second kappa shape index (κ2) is 7.60. The maximum absolute atomic E-state index is 12.6. The number of hydrogen-bond donors (Lipinski definition) is 2. The quantitative estimate of drug-likeness (QED) is 0.701. The summed E-state index contributed by atoms with van der Waals surface area (Å²) < 4.78 is 5.29. The van der Waals surface area contributed by atoms with Gasteiger partial charge in [0.1, 0.15) is 0 Å². The predicted molar refractivity (Wildman–Crippen MR) is 92.9 cm³/mol. The van der Waals surface area contributed by atoms with Crippen molar-refractivity contribution in [2.45, 2.75) is 57.2 Å². The Morgan fingerprint density at radius 2 is 2.16 bits per heavy atom. The second-order valence-electron chi connectivity index (χ2n) is 7.82. The summed E-state index contributed by atoms with van der Waals surface area (Å²) in [6.45, 7) is 4.92. The number of piperazine rings is 1. The summed E-state index contributed by atoms with van der Waals surface area (Å²) in [5.74, 6) is 0.149. The first-order valence-corrected chi connectivity index (χ1v) is 9.45. The van der Waals surface area contributed by atoms with Crippen molar-refractivity contribution in [3.63, 3.8) is 0 Å². The lowest BCUT2D eigenvalue weighted by Crippen LogP contribution is -2.58. The van der Waals surface area contributed by atoms with E-state index in [1.165, 1.54) is 0 Å². The molecule has 7 nitrogen and oxygen atoms in total. The minimum Gasteiger partial charge on any atom is -0.391 e. The summed E-state index contributed by atoms with van der Waals surface area (Å²) in [4.78, 5) is 28.6. The molecule has 0 radical (unpaired) electrons. The van der Waals surface area contributed by atoms with Crippen molar-refractivity contribution < 1.29 is 19.4 Å². The zero-order valence-corrected chi connectivity index (χ0v) is 15.4. The molecule has 2 saturated heterocycles. The van der Waals surface area contributed by atoms with E-state index in [0.717, 1.165) is 32.4 Å². The van der Waals surface area contributed by atoms with Gasteiger partial charge in [-0.3, -0.25) is 9.59 Å². The first kappa shape index (κ1) is 18.6. The van der Waals surface area contributed by atoms with Crippen molar-refractivity contribution >= 4 is 11.8 Å². The summed E-state index contributed by atoms with van der Waals surface area (Å²) in [7, 11) is 1.63. The minimum atomic E-state index is -0.379. The summed E-state index contributed by atoms with van der Waals surface area (Å²) in [5, 5.41) is 13.4. The van der Waals surface area contributed by atoms with Gasteiger partial charge in [0.05, 0.1) is 24.8 Å². The Hall–Kier alpha value is -1.18. The topological polar surface area (TPSA) is 82.1 Å². The van der Waals surface area contributed by atoms with Crippen LogP contribution in [0.2, 0.25) is 0 Å². The Kier molecular flexibility index (Phi) is 5.65. The highest BCUT2D eigenvalue weighted by molar-refractivity contribution is 5.82. The number of piperidine rings is 1. The zero-order chi connectivity index (χ0) is 18.0.